The van der Waals surface area contributed by atoms with Crippen LogP contribution in [-0.4, -0.2) is 33.3 Å². The van der Waals surface area contributed by atoms with Crippen LogP contribution in [0.15, 0.2) is 47.5 Å². The second-order valence-electron chi connectivity index (χ2n) is 5.12. The van der Waals surface area contributed by atoms with Gasteiger partial charge in [0.1, 0.15) is 29.7 Å². The summed E-state index contributed by atoms with van der Waals surface area (Å²) in [5.41, 5.74) is 0.232. The molecule has 0 spiro atoms. The Kier molecular flexibility index (Phi) is 7.00. The average Bonchev–Trinajstić information content (AvgIpc) is 2.64. The largest absolute Gasteiger partial charge is 0.497 e. The number of ether oxygens (including phenoxy) is 2. The van der Waals surface area contributed by atoms with Gasteiger partial charge in [0.15, 0.2) is 5.96 Å². The Morgan fingerprint density at radius 2 is 1.88 bits per heavy atom. The van der Waals surface area contributed by atoms with Gasteiger partial charge >= 0.3 is 0 Å². The smallest absolute Gasteiger partial charge is 0.191 e. The minimum absolute atomic E-state index is 0.125. The molecule has 25 heavy (non-hydrogen) atoms. The highest BCUT2D eigenvalue weighted by molar-refractivity contribution is 5.79. The molecule has 2 aromatic carbocycles. The molecule has 2 aromatic rings. The quantitative estimate of drug-likeness (QED) is 0.458. The van der Waals surface area contributed by atoms with Crippen molar-refractivity contribution in [2.24, 2.45) is 4.99 Å². The van der Waals surface area contributed by atoms with Crippen molar-refractivity contribution >= 4 is 5.96 Å². The summed E-state index contributed by atoms with van der Waals surface area (Å²) in [5, 5.41) is 5.97. The normalized spacial score (nSPS) is 11.1. The van der Waals surface area contributed by atoms with Gasteiger partial charge in [0, 0.05) is 25.2 Å². The van der Waals surface area contributed by atoms with Crippen LogP contribution in [-0.2, 0) is 6.54 Å². The molecule has 0 heterocycles. The van der Waals surface area contributed by atoms with Gasteiger partial charge < -0.3 is 20.1 Å². The molecule has 0 aliphatic rings. The molecule has 0 bridgehead atoms. The van der Waals surface area contributed by atoms with E-state index in [2.05, 4.69) is 15.6 Å². The van der Waals surface area contributed by atoms with Gasteiger partial charge in [0.05, 0.1) is 13.7 Å². The van der Waals surface area contributed by atoms with Crippen LogP contribution in [0.1, 0.15) is 5.56 Å². The second kappa shape index (κ2) is 9.46. The van der Waals surface area contributed by atoms with Gasteiger partial charge in [-0.05, 0) is 30.3 Å². The average molecular weight is 349 g/mol. The highest BCUT2D eigenvalue weighted by atomic mass is 19.1. The topological polar surface area (TPSA) is 54.9 Å². The molecular weight excluding hydrogens is 328 g/mol. The van der Waals surface area contributed by atoms with E-state index >= 15 is 0 Å². The molecule has 0 fully saturated rings. The van der Waals surface area contributed by atoms with E-state index in [1.54, 1.807) is 20.2 Å². The van der Waals surface area contributed by atoms with E-state index in [-0.39, 0.29) is 12.1 Å². The van der Waals surface area contributed by atoms with Crippen molar-refractivity contribution in [3.63, 3.8) is 0 Å². The molecule has 0 amide bonds. The lowest BCUT2D eigenvalue weighted by atomic mass is 10.2. The van der Waals surface area contributed by atoms with E-state index in [0.717, 1.165) is 23.9 Å². The van der Waals surface area contributed by atoms with E-state index in [4.69, 9.17) is 9.47 Å². The maximum atomic E-state index is 13.6. The van der Waals surface area contributed by atoms with Crippen molar-refractivity contribution in [1.29, 1.82) is 0 Å². The molecule has 0 radical (unpaired) electrons. The molecule has 7 heteroatoms. The summed E-state index contributed by atoms with van der Waals surface area (Å²) in [6.45, 7) is 1.02. The highest BCUT2D eigenvalue weighted by Gasteiger charge is 2.05. The van der Waals surface area contributed by atoms with E-state index in [9.17, 15) is 8.78 Å². The molecule has 0 aromatic heterocycles. The third-order valence-electron chi connectivity index (χ3n) is 3.38. The number of benzene rings is 2. The number of hydrogen-bond donors (Lipinski definition) is 2. The zero-order chi connectivity index (χ0) is 18.1. The lowest BCUT2D eigenvalue weighted by Crippen LogP contribution is -2.39. The number of halogens is 2. The van der Waals surface area contributed by atoms with Crippen LogP contribution < -0.4 is 20.1 Å². The number of rotatable bonds is 7. The summed E-state index contributed by atoms with van der Waals surface area (Å²) >= 11 is 0. The summed E-state index contributed by atoms with van der Waals surface area (Å²) in [6.07, 6.45) is 0. The lowest BCUT2D eigenvalue weighted by molar-refractivity contribution is 0.319. The van der Waals surface area contributed by atoms with Gasteiger partial charge in [-0.3, -0.25) is 4.99 Å². The summed E-state index contributed by atoms with van der Waals surface area (Å²) in [6, 6.07) is 10.6. The number of nitrogens with one attached hydrogen (secondary N) is 2. The Balaban J connectivity index is 1.75. The van der Waals surface area contributed by atoms with Gasteiger partial charge in [0.2, 0.25) is 0 Å². The van der Waals surface area contributed by atoms with Crippen molar-refractivity contribution < 1.29 is 18.3 Å². The van der Waals surface area contributed by atoms with E-state index in [0.29, 0.717) is 24.9 Å². The van der Waals surface area contributed by atoms with Crippen LogP contribution in [0.25, 0.3) is 0 Å². The van der Waals surface area contributed by atoms with Gasteiger partial charge in [-0.1, -0.05) is 6.07 Å². The molecule has 2 rings (SSSR count). The zero-order valence-electron chi connectivity index (χ0n) is 14.2. The van der Waals surface area contributed by atoms with Gasteiger partial charge in [-0.25, -0.2) is 8.78 Å². The first-order valence-corrected chi connectivity index (χ1v) is 7.77. The molecule has 0 saturated carbocycles. The third kappa shape index (κ3) is 5.95. The van der Waals surface area contributed by atoms with Crippen LogP contribution in [0.5, 0.6) is 11.5 Å². The number of hydrogen-bond acceptors (Lipinski definition) is 3. The Bertz CT molecular complexity index is 723. The van der Waals surface area contributed by atoms with Crippen LogP contribution in [0.4, 0.5) is 8.78 Å². The molecule has 2 N–H and O–H groups in total. The van der Waals surface area contributed by atoms with Crippen molar-refractivity contribution in [3.05, 3.63) is 59.7 Å². The minimum Gasteiger partial charge on any atom is -0.497 e. The van der Waals surface area contributed by atoms with Gasteiger partial charge in [-0.15, -0.1) is 0 Å². The number of nitrogens with zero attached hydrogens (tertiary/aromatic N) is 1. The maximum absolute atomic E-state index is 13.6. The van der Waals surface area contributed by atoms with Gasteiger partial charge in [0.25, 0.3) is 0 Å². The maximum Gasteiger partial charge on any atom is 0.191 e. The first kappa shape index (κ1) is 18.5. The van der Waals surface area contributed by atoms with E-state index < -0.39 is 11.6 Å². The van der Waals surface area contributed by atoms with E-state index in [1.807, 2.05) is 18.2 Å². The van der Waals surface area contributed by atoms with Crippen molar-refractivity contribution in [3.8, 4) is 11.5 Å². The molecule has 0 unspecified atom stereocenters. The fraction of sp³-hybridized carbons (Fsp3) is 0.278. The number of aliphatic imine (C=N–C) groups is 1. The Labute approximate surface area is 145 Å². The molecule has 0 aliphatic carbocycles. The van der Waals surface area contributed by atoms with Gasteiger partial charge in [-0.2, -0.15) is 0 Å². The second-order valence-corrected chi connectivity index (χ2v) is 5.12. The standard InChI is InChI=1S/C18H21F2N3O2/c1-21-18(23-12-13-10-14(19)6-7-17(13)20)22-8-9-25-16-5-3-4-15(11-16)24-2/h3-7,10-11H,8-9,12H2,1-2H3,(H2,21,22,23). The Hall–Kier alpha value is -2.83. The predicted octanol–water partition coefficient (Wildman–Crippen LogP) is 2.72. The van der Waals surface area contributed by atoms with Crippen molar-refractivity contribution in [2.75, 3.05) is 27.3 Å². The predicted molar refractivity (Wildman–Crippen MR) is 93.0 cm³/mol. The monoisotopic (exact) mass is 349 g/mol. The Morgan fingerprint density at radius 3 is 2.64 bits per heavy atom. The number of methoxy groups -OCH3 is 1. The Morgan fingerprint density at radius 1 is 1.08 bits per heavy atom. The van der Waals surface area contributed by atoms with Crippen LogP contribution in [0, 0.1) is 11.6 Å². The summed E-state index contributed by atoms with van der Waals surface area (Å²) in [4.78, 5) is 4.03. The summed E-state index contributed by atoms with van der Waals surface area (Å²) in [7, 11) is 3.19. The molecule has 134 valence electrons. The minimum atomic E-state index is -0.479. The van der Waals surface area contributed by atoms with Crippen molar-refractivity contribution in [2.45, 2.75) is 6.54 Å². The zero-order valence-corrected chi connectivity index (χ0v) is 14.2. The molecule has 0 atom stereocenters. The van der Waals surface area contributed by atoms with Crippen LogP contribution in [0.2, 0.25) is 0 Å². The first-order valence-electron chi connectivity index (χ1n) is 7.77. The lowest BCUT2D eigenvalue weighted by Gasteiger charge is -2.13. The van der Waals surface area contributed by atoms with Crippen LogP contribution in [0.3, 0.4) is 0 Å². The fourth-order valence-electron chi connectivity index (χ4n) is 2.11. The molecule has 0 aliphatic heterocycles. The van der Waals surface area contributed by atoms with E-state index in [1.165, 1.54) is 0 Å². The first-order chi connectivity index (χ1) is 12.1. The molecule has 5 nitrogen and oxygen atoms in total. The third-order valence-corrected chi connectivity index (χ3v) is 3.38. The molecule has 0 saturated heterocycles. The summed E-state index contributed by atoms with van der Waals surface area (Å²) in [5.74, 6) is 0.947. The summed E-state index contributed by atoms with van der Waals surface area (Å²) < 4.78 is 37.5. The van der Waals surface area contributed by atoms with Crippen LogP contribution >= 0.6 is 0 Å². The SMILES string of the molecule is CN=C(NCCOc1cccc(OC)c1)NCc1cc(F)ccc1F. The fourth-order valence-corrected chi connectivity index (χ4v) is 2.11. The number of guanidine groups is 1. The highest BCUT2D eigenvalue weighted by Crippen LogP contribution is 2.18. The molecular formula is C18H21F2N3O2. The van der Waals surface area contributed by atoms with Crippen molar-refractivity contribution in [1.82, 2.24) is 10.6 Å².